The van der Waals surface area contributed by atoms with Crippen LogP contribution in [0.3, 0.4) is 0 Å². The molecule has 0 aliphatic heterocycles. The average Bonchev–Trinajstić information content (AvgIpc) is 2.38. The van der Waals surface area contributed by atoms with Crippen LogP contribution in [0.4, 0.5) is 17.6 Å². The van der Waals surface area contributed by atoms with E-state index in [1.54, 1.807) is 0 Å². The highest BCUT2D eigenvalue weighted by Gasteiger charge is 2.15. The van der Waals surface area contributed by atoms with E-state index in [-0.39, 0.29) is 24.0 Å². The van der Waals surface area contributed by atoms with E-state index in [0.29, 0.717) is 6.07 Å². The summed E-state index contributed by atoms with van der Waals surface area (Å²) in [5.41, 5.74) is 0.135. The summed E-state index contributed by atoms with van der Waals surface area (Å²) in [6.07, 6.45) is -1.35. The second kappa shape index (κ2) is 6.05. The Hall–Kier alpha value is -1.88. The van der Waals surface area contributed by atoms with Gasteiger partial charge in [-0.2, -0.15) is 0 Å². The Morgan fingerprint density at radius 2 is 1.55 bits per heavy atom. The Balaban J connectivity index is 2.09. The van der Waals surface area contributed by atoms with Gasteiger partial charge in [-0.25, -0.2) is 17.6 Å². The van der Waals surface area contributed by atoms with Gasteiger partial charge >= 0.3 is 0 Å². The van der Waals surface area contributed by atoms with Gasteiger partial charge in [-0.1, -0.05) is 18.2 Å². The minimum Gasteiger partial charge on any atom is -0.392 e. The van der Waals surface area contributed by atoms with Crippen molar-refractivity contribution in [3.05, 3.63) is 70.8 Å². The molecule has 106 valence electrons. The Bertz CT molecular complexity index is 613. The SMILES string of the molecule is OC(Cc1ccc(F)cc1F)Cc1cccc(F)c1F. The summed E-state index contributed by atoms with van der Waals surface area (Å²) in [7, 11) is 0. The van der Waals surface area contributed by atoms with Crippen LogP contribution in [0.1, 0.15) is 11.1 Å². The summed E-state index contributed by atoms with van der Waals surface area (Å²) >= 11 is 0. The topological polar surface area (TPSA) is 20.2 Å². The van der Waals surface area contributed by atoms with Crippen LogP contribution >= 0.6 is 0 Å². The minimum atomic E-state index is -1.09. The summed E-state index contributed by atoms with van der Waals surface area (Å²) in [4.78, 5) is 0. The molecule has 0 aliphatic rings. The Morgan fingerprint density at radius 3 is 2.25 bits per heavy atom. The van der Waals surface area contributed by atoms with Crippen molar-refractivity contribution >= 4 is 0 Å². The van der Waals surface area contributed by atoms with Crippen LogP contribution in [-0.2, 0) is 12.8 Å². The highest BCUT2D eigenvalue weighted by molar-refractivity contribution is 5.22. The van der Waals surface area contributed by atoms with Crippen LogP contribution in [0.15, 0.2) is 36.4 Å². The third-order valence-corrected chi connectivity index (χ3v) is 2.96. The number of rotatable bonds is 4. The molecule has 1 unspecified atom stereocenters. The molecule has 2 rings (SSSR count). The van der Waals surface area contributed by atoms with Crippen LogP contribution < -0.4 is 0 Å². The molecule has 20 heavy (non-hydrogen) atoms. The van der Waals surface area contributed by atoms with Crippen LogP contribution in [0.2, 0.25) is 0 Å². The molecule has 0 amide bonds. The fourth-order valence-electron chi connectivity index (χ4n) is 1.97. The molecule has 1 atom stereocenters. The third kappa shape index (κ3) is 3.36. The summed E-state index contributed by atoms with van der Waals surface area (Å²) in [6.45, 7) is 0. The van der Waals surface area contributed by atoms with Crippen LogP contribution in [0.25, 0.3) is 0 Å². The van der Waals surface area contributed by atoms with Gasteiger partial charge in [0.05, 0.1) is 6.10 Å². The standard InChI is InChI=1S/C15H12F4O/c16-11-5-4-9(14(18)8-11)6-12(20)7-10-2-1-3-13(17)15(10)19/h1-5,8,12,20H,6-7H2. The molecule has 0 aromatic heterocycles. The first kappa shape index (κ1) is 14.5. The van der Waals surface area contributed by atoms with Gasteiger partial charge in [-0.3, -0.25) is 0 Å². The van der Waals surface area contributed by atoms with E-state index < -0.39 is 29.4 Å². The summed E-state index contributed by atoms with van der Waals surface area (Å²) in [5.74, 6) is -3.51. The summed E-state index contributed by atoms with van der Waals surface area (Å²) in [5, 5.41) is 9.82. The maximum absolute atomic E-state index is 13.4. The van der Waals surface area contributed by atoms with E-state index in [2.05, 4.69) is 0 Å². The van der Waals surface area contributed by atoms with Gasteiger partial charge < -0.3 is 5.11 Å². The van der Waals surface area contributed by atoms with Crippen molar-refractivity contribution in [1.29, 1.82) is 0 Å². The normalized spacial score (nSPS) is 12.4. The van der Waals surface area contributed by atoms with Crippen molar-refractivity contribution in [2.24, 2.45) is 0 Å². The van der Waals surface area contributed by atoms with E-state index >= 15 is 0 Å². The van der Waals surface area contributed by atoms with Gasteiger partial charge in [0, 0.05) is 18.9 Å². The fourth-order valence-corrected chi connectivity index (χ4v) is 1.97. The Morgan fingerprint density at radius 1 is 0.850 bits per heavy atom. The summed E-state index contributed by atoms with van der Waals surface area (Å²) < 4.78 is 52.6. The van der Waals surface area contributed by atoms with E-state index in [4.69, 9.17) is 0 Å². The number of hydrogen-bond donors (Lipinski definition) is 1. The second-order valence-electron chi connectivity index (χ2n) is 4.51. The lowest BCUT2D eigenvalue weighted by molar-refractivity contribution is 0.172. The molecule has 2 aromatic carbocycles. The molecule has 1 N–H and O–H groups in total. The monoisotopic (exact) mass is 284 g/mol. The Labute approximate surface area is 113 Å². The van der Waals surface area contributed by atoms with Crippen molar-refractivity contribution < 1.29 is 22.7 Å². The molecule has 1 nitrogen and oxygen atoms in total. The maximum atomic E-state index is 13.4. The molecular formula is C15H12F4O. The molecule has 0 spiro atoms. The highest BCUT2D eigenvalue weighted by Crippen LogP contribution is 2.17. The van der Waals surface area contributed by atoms with Gasteiger partial charge in [0.1, 0.15) is 11.6 Å². The smallest absolute Gasteiger partial charge is 0.162 e. The zero-order valence-electron chi connectivity index (χ0n) is 10.4. The predicted octanol–water partition coefficient (Wildman–Crippen LogP) is 3.39. The zero-order valence-corrected chi connectivity index (χ0v) is 10.4. The van der Waals surface area contributed by atoms with Crippen LogP contribution in [-0.4, -0.2) is 11.2 Å². The lowest BCUT2D eigenvalue weighted by Gasteiger charge is -2.12. The highest BCUT2D eigenvalue weighted by atomic mass is 19.2. The van der Waals surface area contributed by atoms with Crippen molar-refractivity contribution in [1.82, 2.24) is 0 Å². The molecule has 0 radical (unpaired) electrons. The molecule has 0 aliphatic carbocycles. The number of aliphatic hydroxyl groups excluding tert-OH is 1. The average molecular weight is 284 g/mol. The number of halogens is 4. The first-order valence-corrected chi connectivity index (χ1v) is 6.02. The largest absolute Gasteiger partial charge is 0.392 e. The van der Waals surface area contributed by atoms with Gasteiger partial charge in [-0.05, 0) is 23.3 Å². The van der Waals surface area contributed by atoms with Gasteiger partial charge in [0.2, 0.25) is 0 Å². The van der Waals surface area contributed by atoms with Crippen molar-refractivity contribution in [3.63, 3.8) is 0 Å². The van der Waals surface area contributed by atoms with Gasteiger partial charge in [-0.15, -0.1) is 0 Å². The number of aliphatic hydroxyl groups is 1. The molecule has 0 heterocycles. The molecule has 2 aromatic rings. The first-order chi connectivity index (χ1) is 9.47. The van der Waals surface area contributed by atoms with Crippen LogP contribution in [0, 0.1) is 23.3 Å². The maximum Gasteiger partial charge on any atom is 0.162 e. The van der Waals surface area contributed by atoms with Crippen molar-refractivity contribution in [2.75, 3.05) is 0 Å². The van der Waals surface area contributed by atoms with E-state index in [0.717, 1.165) is 12.1 Å². The molecule has 5 heteroatoms. The summed E-state index contributed by atoms with van der Waals surface area (Å²) in [6, 6.07) is 6.67. The number of benzene rings is 2. The third-order valence-electron chi connectivity index (χ3n) is 2.96. The Kier molecular flexibility index (Phi) is 4.39. The van der Waals surface area contributed by atoms with E-state index in [1.807, 2.05) is 0 Å². The van der Waals surface area contributed by atoms with E-state index in [1.165, 1.54) is 18.2 Å². The predicted molar refractivity (Wildman–Crippen MR) is 66.1 cm³/mol. The van der Waals surface area contributed by atoms with Gasteiger partial charge in [0.25, 0.3) is 0 Å². The second-order valence-corrected chi connectivity index (χ2v) is 4.51. The molecule has 0 saturated heterocycles. The fraction of sp³-hybridized carbons (Fsp3) is 0.200. The number of hydrogen-bond acceptors (Lipinski definition) is 1. The lowest BCUT2D eigenvalue weighted by Crippen LogP contribution is -2.16. The molecule has 0 fully saturated rings. The molecule has 0 bridgehead atoms. The minimum absolute atomic E-state index is 0.0139. The molecule has 0 saturated carbocycles. The van der Waals surface area contributed by atoms with Crippen molar-refractivity contribution in [3.8, 4) is 0 Å². The van der Waals surface area contributed by atoms with Crippen molar-refractivity contribution in [2.45, 2.75) is 18.9 Å². The zero-order chi connectivity index (χ0) is 14.7. The first-order valence-electron chi connectivity index (χ1n) is 6.02. The van der Waals surface area contributed by atoms with E-state index in [9.17, 15) is 22.7 Å². The van der Waals surface area contributed by atoms with Crippen LogP contribution in [0.5, 0.6) is 0 Å². The quantitative estimate of drug-likeness (QED) is 0.853. The molecular weight excluding hydrogens is 272 g/mol. The van der Waals surface area contributed by atoms with Gasteiger partial charge in [0.15, 0.2) is 11.6 Å². The lowest BCUT2D eigenvalue weighted by atomic mass is 10.0.